The number of hydrogen-bond acceptors (Lipinski definition) is 4. The normalized spacial score (nSPS) is 24.9. The van der Waals surface area contributed by atoms with E-state index < -0.39 is 0 Å². The third kappa shape index (κ3) is 4.65. The van der Waals surface area contributed by atoms with Crippen molar-refractivity contribution < 1.29 is 9.53 Å². The van der Waals surface area contributed by atoms with Gasteiger partial charge in [-0.3, -0.25) is 0 Å². The summed E-state index contributed by atoms with van der Waals surface area (Å²) in [7, 11) is 1.43. The fraction of sp³-hybridized carbons (Fsp3) is 0.786. The first-order valence-corrected chi connectivity index (χ1v) is 8.05. The van der Waals surface area contributed by atoms with E-state index in [0.717, 1.165) is 23.8 Å². The van der Waals surface area contributed by atoms with Crippen molar-refractivity contribution in [3.63, 3.8) is 0 Å². The molecule has 0 aliphatic heterocycles. The highest BCUT2D eigenvalue weighted by Crippen LogP contribution is 2.26. The van der Waals surface area contributed by atoms with Gasteiger partial charge in [0, 0.05) is 23.4 Å². The molecule has 1 aliphatic rings. The molecule has 1 aliphatic carbocycles. The molecule has 0 aromatic carbocycles. The highest BCUT2D eigenvalue weighted by Gasteiger charge is 2.23. The smallest absolute Gasteiger partial charge is 0.333 e. The number of methoxy groups -OCH3 is 1. The van der Waals surface area contributed by atoms with E-state index in [-0.39, 0.29) is 5.97 Å². The zero-order chi connectivity index (χ0) is 13.4. The Morgan fingerprint density at radius 2 is 2.17 bits per heavy atom. The van der Waals surface area contributed by atoms with Gasteiger partial charge < -0.3 is 10.1 Å². The molecule has 104 valence electrons. The molecular formula is C14H25NO2S. The molecule has 3 nitrogen and oxygen atoms in total. The van der Waals surface area contributed by atoms with Crippen LogP contribution in [0, 0.1) is 0 Å². The zero-order valence-electron chi connectivity index (χ0n) is 11.7. The summed E-state index contributed by atoms with van der Waals surface area (Å²) < 4.78 is 4.75. The minimum Gasteiger partial charge on any atom is -0.466 e. The first-order chi connectivity index (χ1) is 8.72. The molecule has 4 heteroatoms. The molecule has 0 amide bonds. The van der Waals surface area contributed by atoms with Gasteiger partial charge in [-0.1, -0.05) is 25.8 Å². The predicted octanol–water partition coefficient (Wildman–Crippen LogP) is 2.76. The molecule has 1 fully saturated rings. The molecule has 0 saturated heterocycles. The number of carbonyl (C=O) groups excluding carboxylic acids is 1. The largest absolute Gasteiger partial charge is 0.466 e. The van der Waals surface area contributed by atoms with Gasteiger partial charge in [-0.25, -0.2) is 4.79 Å². The zero-order valence-corrected chi connectivity index (χ0v) is 12.5. The number of esters is 1. The van der Waals surface area contributed by atoms with E-state index in [1.165, 1.54) is 32.8 Å². The lowest BCUT2D eigenvalue weighted by Crippen LogP contribution is -2.40. The highest BCUT2D eigenvalue weighted by molar-refractivity contribution is 7.99. The van der Waals surface area contributed by atoms with Gasteiger partial charge in [-0.05, 0) is 25.5 Å². The van der Waals surface area contributed by atoms with Crippen molar-refractivity contribution in [3.05, 3.63) is 11.6 Å². The quantitative estimate of drug-likeness (QED) is 0.595. The van der Waals surface area contributed by atoms with Crippen molar-refractivity contribution in [1.29, 1.82) is 0 Å². The number of ether oxygens (including phenoxy) is 1. The Labute approximate surface area is 115 Å². The van der Waals surface area contributed by atoms with Crippen LogP contribution in [-0.4, -0.2) is 37.2 Å². The molecular weight excluding hydrogens is 246 g/mol. The number of nitrogens with one attached hydrogen (secondary N) is 1. The number of thioether (sulfide) groups is 1. The maximum absolute atomic E-state index is 11.4. The molecule has 0 aromatic rings. The second-order valence-electron chi connectivity index (χ2n) is 4.65. The minimum absolute atomic E-state index is 0.204. The summed E-state index contributed by atoms with van der Waals surface area (Å²) in [5.74, 6) is -0.204. The van der Waals surface area contributed by atoms with Gasteiger partial charge in [-0.2, -0.15) is 11.8 Å². The van der Waals surface area contributed by atoms with Crippen LogP contribution in [0.4, 0.5) is 0 Å². The molecule has 18 heavy (non-hydrogen) atoms. The summed E-state index contributed by atoms with van der Waals surface area (Å²) in [5, 5.41) is 4.28. The topological polar surface area (TPSA) is 38.3 Å². The first kappa shape index (κ1) is 15.6. The molecule has 0 radical (unpaired) electrons. The van der Waals surface area contributed by atoms with Crippen LogP contribution >= 0.6 is 11.8 Å². The maximum Gasteiger partial charge on any atom is 0.333 e. The van der Waals surface area contributed by atoms with E-state index in [9.17, 15) is 4.79 Å². The lowest BCUT2D eigenvalue weighted by molar-refractivity contribution is -0.136. The minimum atomic E-state index is -0.204. The molecule has 1 N–H and O–H groups in total. The van der Waals surface area contributed by atoms with E-state index in [1.54, 1.807) is 0 Å². The summed E-state index contributed by atoms with van der Waals surface area (Å²) in [5.41, 5.74) is 0.765. The van der Waals surface area contributed by atoms with Gasteiger partial charge in [0.1, 0.15) is 0 Å². The van der Waals surface area contributed by atoms with Gasteiger partial charge in [0.05, 0.1) is 7.11 Å². The molecule has 0 heterocycles. The molecule has 1 saturated carbocycles. The lowest BCUT2D eigenvalue weighted by Gasteiger charge is -2.30. The Morgan fingerprint density at radius 3 is 2.78 bits per heavy atom. The number of hydrogen-bond donors (Lipinski definition) is 1. The van der Waals surface area contributed by atoms with Crippen molar-refractivity contribution >= 4 is 17.7 Å². The SMILES string of the molecule is CCC(=CCNC1CCCCC1SC)C(=O)OC. The van der Waals surface area contributed by atoms with Crippen molar-refractivity contribution in [2.75, 3.05) is 19.9 Å². The monoisotopic (exact) mass is 271 g/mol. The van der Waals surface area contributed by atoms with Crippen LogP contribution in [0.2, 0.25) is 0 Å². The summed E-state index contributed by atoms with van der Waals surface area (Å²) in [4.78, 5) is 11.4. The van der Waals surface area contributed by atoms with Crippen molar-refractivity contribution in [1.82, 2.24) is 5.32 Å². The van der Waals surface area contributed by atoms with Crippen LogP contribution in [0.1, 0.15) is 39.0 Å². The van der Waals surface area contributed by atoms with Gasteiger partial charge in [0.25, 0.3) is 0 Å². The second kappa shape index (κ2) is 8.59. The molecule has 1 rings (SSSR count). The highest BCUT2D eigenvalue weighted by atomic mass is 32.2. The Bertz CT molecular complexity index is 292. The maximum atomic E-state index is 11.4. The van der Waals surface area contributed by atoms with Gasteiger partial charge >= 0.3 is 5.97 Å². The average molecular weight is 271 g/mol. The van der Waals surface area contributed by atoms with Crippen LogP contribution in [0.3, 0.4) is 0 Å². The molecule has 0 aromatic heterocycles. The van der Waals surface area contributed by atoms with Crippen LogP contribution < -0.4 is 5.32 Å². The van der Waals surface area contributed by atoms with E-state index in [0.29, 0.717) is 6.04 Å². The molecule has 2 atom stereocenters. The molecule has 2 unspecified atom stereocenters. The van der Waals surface area contributed by atoms with E-state index in [4.69, 9.17) is 4.74 Å². The number of rotatable bonds is 6. The Kier molecular flexibility index (Phi) is 7.44. The van der Waals surface area contributed by atoms with Crippen LogP contribution in [-0.2, 0) is 9.53 Å². The predicted molar refractivity (Wildman–Crippen MR) is 78.0 cm³/mol. The second-order valence-corrected chi connectivity index (χ2v) is 5.72. The van der Waals surface area contributed by atoms with Crippen LogP contribution in [0.25, 0.3) is 0 Å². The Morgan fingerprint density at radius 1 is 1.44 bits per heavy atom. The summed E-state index contributed by atoms with van der Waals surface area (Å²) in [6.07, 6.45) is 10.1. The third-order valence-electron chi connectivity index (χ3n) is 3.56. The van der Waals surface area contributed by atoms with E-state index >= 15 is 0 Å². The van der Waals surface area contributed by atoms with Gasteiger partial charge in [0.15, 0.2) is 0 Å². The van der Waals surface area contributed by atoms with Crippen LogP contribution in [0.5, 0.6) is 0 Å². The Hall–Kier alpha value is -0.480. The summed E-state index contributed by atoms with van der Waals surface area (Å²) in [6.45, 7) is 2.74. The Balaban J connectivity index is 2.43. The molecule has 0 spiro atoms. The molecule has 0 bridgehead atoms. The standard InChI is InChI=1S/C14H25NO2S/c1-4-11(14(16)17-2)9-10-15-12-7-5-6-8-13(12)18-3/h9,12-13,15H,4-8,10H2,1-3H3. The number of carbonyl (C=O) groups is 1. The van der Waals surface area contributed by atoms with Crippen molar-refractivity contribution in [2.24, 2.45) is 0 Å². The van der Waals surface area contributed by atoms with Gasteiger partial charge in [0.2, 0.25) is 0 Å². The third-order valence-corrected chi connectivity index (χ3v) is 4.73. The van der Waals surface area contributed by atoms with Crippen molar-refractivity contribution in [2.45, 2.75) is 50.3 Å². The average Bonchev–Trinajstić information content (AvgIpc) is 2.43. The van der Waals surface area contributed by atoms with E-state index in [1.807, 2.05) is 24.8 Å². The van der Waals surface area contributed by atoms with Gasteiger partial charge in [-0.15, -0.1) is 0 Å². The fourth-order valence-electron chi connectivity index (χ4n) is 2.45. The van der Waals surface area contributed by atoms with E-state index in [2.05, 4.69) is 11.6 Å². The fourth-order valence-corrected chi connectivity index (χ4v) is 3.41. The van der Waals surface area contributed by atoms with Crippen molar-refractivity contribution in [3.8, 4) is 0 Å². The summed E-state index contributed by atoms with van der Waals surface area (Å²) in [6, 6.07) is 0.584. The summed E-state index contributed by atoms with van der Waals surface area (Å²) >= 11 is 1.95. The lowest BCUT2D eigenvalue weighted by atomic mass is 9.95. The first-order valence-electron chi connectivity index (χ1n) is 6.76. The van der Waals surface area contributed by atoms with Crippen LogP contribution in [0.15, 0.2) is 11.6 Å².